The summed E-state index contributed by atoms with van der Waals surface area (Å²) in [5.74, 6) is 1.50. The van der Waals surface area contributed by atoms with Crippen molar-refractivity contribution in [2.75, 3.05) is 24.7 Å². The fourth-order valence-electron chi connectivity index (χ4n) is 3.43. The standard InChI is InChI=1S/C19H23N7O/c1-12-8-15(23-22-12)18-21-10-16-14(19(3,4)20-5)9-17(24-26(16)18)25-6-7-27-11-13(25)2/h8-10,13H,6-7,11H2,1-4H3,(H,22,23)/t13-/m1/s1. The fraction of sp³-hybridized carbons (Fsp3) is 0.474. The topological polar surface area (TPSA) is 75.7 Å². The van der Waals surface area contributed by atoms with Gasteiger partial charge in [-0.2, -0.15) is 5.10 Å². The van der Waals surface area contributed by atoms with E-state index < -0.39 is 5.54 Å². The van der Waals surface area contributed by atoms with Crippen molar-refractivity contribution < 1.29 is 4.74 Å². The van der Waals surface area contributed by atoms with E-state index in [-0.39, 0.29) is 6.04 Å². The summed E-state index contributed by atoms with van der Waals surface area (Å²) >= 11 is 0. The molecule has 140 valence electrons. The number of anilines is 1. The zero-order chi connectivity index (χ0) is 19.2. The Morgan fingerprint density at radius 2 is 2.19 bits per heavy atom. The van der Waals surface area contributed by atoms with Gasteiger partial charge in [-0.15, -0.1) is 5.10 Å². The van der Waals surface area contributed by atoms with Crippen molar-refractivity contribution in [2.45, 2.75) is 39.3 Å². The Bertz CT molecular complexity index is 1030. The summed E-state index contributed by atoms with van der Waals surface area (Å²) in [4.78, 5) is 10.6. The van der Waals surface area contributed by atoms with E-state index in [1.165, 1.54) is 0 Å². The summed E-state index contributed by atoms with van der Waals surface area (Å²) in [6.45, 7) is 17.7. The Morgan fingerprint density at radius 1 is 1.37 bits per heavy atom. The van der Waals surface area contributed by atoms with Crippen LogP contribution in [0.25, 0.3) is 21.9 Å². The molecule has 1 N–H and O–H groups in total. The van der Waals surface area contributed by atoms with Crippen LogP contribution in [0.4, 0.5) is 5.82 Å². The zero-order valence-electron chi connectivity index (χ0n) is 16.0. The van der Waals surface area contributed by atoms with E-state index in [0.717, 1.165) is 34.8 Å². The molecule has 4 rings (SSSR count). The number of nitrogens with zero attached hydrogens (tertiary/aromatic N) is 6. The van der Waals surface area contributed by atoms with Crippen molar-refractivity contribution in [1.82, 2.24) is 24.8 Å². The third-order valence-corrected chi connectivity index (χ3v) is 5.03. The maximum atomic E-state index is 7.67. The molecule has 0 unspecified atom stereocenters. The number of hydrogen-bond donors (Lipinski definition) is 1. The summed E-state index contributed by atoms with van der Waals surface area (Å²) in [5, 5.41) is 12.2. The first-order valence-corrected chi connectivity index (χ1v) is 9.05. The monoisotopic (exact) mass is 365 g/mol. The Labute approximate surface area is 158 Å². The van der Waals surface area contributed by atoms with Gasteiger partial charge >= 0.3 is 0 Å². The number of rotatable bonds is 3. The molecule has 4 heterocycles. The quantitative estimate of drug-likeness (QED) is 0.723. The van der Waals surface area contributed by atoms with Gasteiger partial charge in [0.15, 0.2) is 11.6 Å². The lowest BCUT2D eigenvalue weighted by molar-refractivity contribution is 0.0984. The van der Waals surface area contributed by atoms with Crippen molar-refractivity contribution in [3.05, 3.63) is 41.0 Å². The van der Waals surface area contributed by atoms with Gasteiger partial charge < -0.3 is 14.5 Å². The second-order valence-electron chi connectivity index (χ2n) is 7.52. The van der Waals surface area contributed by atoms with Gasteiger partial charge in [0, 0.05) is 26.1 Å². The van der Waals surface area contributed by atoms with E-state index in [2.05, 4.69) is 31.9 Å². The molecule has 27 heavy (non-hydrogen) atoms. The largest absolute Gasteiger partial charge is 0.377 e. The molecule has 0 radical (unpaired) electrons. The number of aryl methyl sites for hydroxylation is 1. The maximum Gasteiger partial charge on any atom is 0.254 e. The van der Waals surface area contributed by atoms with Gasteiger partial charge in [-0.05, 0) is 26.0 Å². The van der Waals surface area contributed by atoms with E-state index in [0.29, 0.717) is 19.0 Å². The number of ether oxygens (including phenoxy) is 1. The fourth-order valence-corrected chi connectivity index (χ4v) is 3.43. The molecule has 0 aliphatic carbocycles. The van der Waals surface area contributed by atoms with Crippen LogP contribution in [0.2, 0.25) is 0 Å². The van der Waals surface area contributed by atoms with Crippen molar-refractivity contribution in [3.8, 4) is 11.5 Å². The van der Waals surface area contributed by atoms with Crippen LogP contribution in [-0.4, -0.2) is 50.6 Å². The van der Waals surface area contributed by atoms with Crippen LogP contribution in [-0.2, 0) is 10.3 Å². The highest BCUT2D eigenvalue weighted by Crippen LogP contribution is 2.33. The molecule has 1 aliphatic heterocycles. The zero-order valence-corrected chi connectivity index (χ0v) is 16.0. The maximum absolute atomic E-state index is 7.67. The lowest BCUT2D eigenvalue weighted by Gasteiger charge is -2.34. The number of morpholine rings is 1. The molecule has 3 aromatic rings. The normalized spacial score (nSPS) is 18.0. The first-order chi connectivity index (χ1) is 12.9. The molecule has 0 spiro atoms. The molecular formula is C19H23N7O. The van der Waals surface area contributed by atoms with Gasteiger partial charge in [-0.25, -0.2) is 16.1 Å². The van der Waals surface area contributed by atoms with E-state index >= 15 is 0 Å². The Balaban J connectivity index is 1.95. The summed E-state index contributed by atoms with van der Waals surface area (Å²) in [5.41, 5.74) is 2.75. The highest BCUT2D eigenvalue weighted by atomic mass is 16.5. The summed E-state index contributed by atoms with van der Waals surface area (Å²) in [6.07, 6.45) is 1.78. The number of fused-ring (bicyclic) bond motifs is 1. The summed E-state index contributed by atoms with van der Waals surface area (Å²) in [7, 11) is 0. The number of imidazole rings is 1. The highest BCUT2D eigenvalue weighted by Gasteiger charge is 2.32. The van der Waals surface area contributed by atoms with Gasteiger partial charge in [-0.3, -0.25) is 5.10 Å². The Hall–Kier alpha value is -2.92. The molecule has 1 aliphatic rings. The number of aromatic nitrogens is 5. The van der Waals surface area contributed by atoms with Gasteiger partial charge in [-0.1, -0.05) is 0 Å². The predicted molar refractivity (Wildman–Crippen MR) is 103 cm³/mol. The SMILES string of the molecule is [C-]#[N+]C(C)(C)c1cc(N2CCOC[C@H]2C)nn2c(-c3cc(C)[nH]n3)ncc12. The molecule has 0 bridgehead atoms. The van der Waals surface area contributed by atoms with Crippen molar-refractivity contribution in [3.63, 3.8) is 0 Å². The van der Waals surface area contributed by atoms with E-state index in [9.17, 15) is 0 Å². The van der Waals surface area contributed by atoms with E-state index in [1.54, 1.807) is 6.20 Å². The molecule has 0 aromatic carbocycles. The molecule has 1 fully saturated rings. The third-order valence-electron chi connectivity index (χ3n) is 5.03. The lowest BCUT2D eigenvalue weighted by atomic mass is 9.95. The Kier molecular flexibility index (Phi) is 4.12. The minimum absolute atomic E-state index is 0.215. The average Bonchev–Trinajstić information content (AvgIpc) is 3.27. The van der Waals surface area contributed by atoms with E-state index in [1.807, 2.05) is 37.4 Å². The van der Waals surface area contributed by atoms with E-state index in [4.69, 9.17) is 16.4 Å². The molecule has 1 saturated heterocycles. The molecule has 3 aromatic heterocycles. The first-order valence-electron chi connectivity index (χ1n) is 9.05. The number of hydrogen-bond acceptors (Lipinski definition) is 5. The van der Waals surface area contributed by atoms with Crippen LogP contribution in [0, 0.1) is 13.5 Å². The Morgan fingerprint density at radius 3 is 2.85 bits per heavy atom. The molecular weight excluding hydrogens is 342 g/mol. The molecule has 0 amide bonds. The lowest BCUT2D eigenvalue weighted by Crippen LogP contribution is -2.44. The summed E-state index contributed by atoms with van der Waals surface area (Å²) < 4.78 is 7.38. The van der Waals surface area contributed by atoms with Gasteiger partial charge in [0.2, 0.25) is 0 Å². The minimum atomic E-state index is -0.687. The van der Waals surface area contributed by atoms with Crippen LogP contribution in [0.15, 0.2) is 18.3 Å². The van der Waals surface area contributed by atoms with Gasteiger partial charge in [0.25, 0.3) is 5.54 Å². The molecule has 8 nitrogen and oxygen atoms in total. The second-order valence-corrected chi connectivity index (χ2v) is 7.52. The smallest absolute Gasteiger partial charge is 0.254 e. The van der Waals surface area contributed by atoms with Crippen molar-refractivity contribution in [1.29, 1.82) is 0 Å². The molecule has 8 heteroatoms. The van der Waals surface area contributed by atoms with Crippen LogP contribution in [0.1, 0.15) is 32.0 Å². The minimum Gasteiger partial charge on any atom is -0.377 e. The van der Waals surface area contributed by atoms with Crippen molar-refractivity contribution >= 4 is 11.3 Å². The third kappa shape index (κ3) is 2.94. The number of nitrogens with one attached hydrogen (secondary N) is 1. The summed E-state index contributed by atoms with van der Waals surface area (Å²) in [6, 6.07) is 4.18. The highest BCUT2D eigenvalue weighted by molar-refractivity contribution is 5.66. The first kappa shape index (κ1) is 17.5. The second kappa shape index (κ2) is 6.35. The van der Waals surface area contributed by atoms with Gasteiger partial charge in [0.1, 0.15) is 5.69 Å². The van der Waals surface area contributed by atoms with Crippen LogP contribution < -0.4 is 4.90 Å². The van der Waals surface area contributed by atoms with Crippen molar-refractivity contribution in [2.24, 2.45) is 0 Å². The predicted octanol–water partition coefficient (Wildman–Crippen LogP) is 2.81. The van der Waals surface area contributed by atoms with Crippen LogP contribution in [0.5, 0.6) is 0 Å². The molecule has 1 atom stereocenters. The molecule has 0 saturated carbocycles. The number of aromatic amines is 1. The van der Waals surface area contributed by atoms with Crippen LogP contribution >= 0.6 is 0 Å². The average molecular weight is 365 g/mol. The number of H-pyrrole nitrogens is 1. The van der Waals surface area contributed by atoms with Crippen LogP contribution in [0.3, 0.4) is 0 Å². The van der Waals surface area contributed by atoms with Gasteiger partial charge in [0.05, 0.1) is 36.5 Å².